The van der Waals surface area contributed by atoms with Crippen LogP contribution in [0.1, 0.15) is 11.3 Å². The van der Waals surface area contributed by atoms with E-state index in [4.69, 9.17) is 0 Å². The Balaban J connectivity index is 1.35. The van der Waals surface area contributed by atoms with Crippen LogP contribution in [0.3, 0.4) is 0 Å². The third-order valence-corrected chi connectivity index (χ3v) is 5.09. The third-order valence-electron chi connectivity index (χ3n) is 5.09. The molecule has 8 nitrogen and oxygen atoms in total. The Kier molecular flexibility index (Phi) is 5.53. The van der Waals surface area contributed by atoms with Crippen LogP contribution in [-0.4, -0.2) is 58.4 Å². The smallest absolute Gasteiger partial charge is 0.280 e. The summed E-state index contributed by atoms with van der Waals surface area (Å²) < 4.78 is 1.78. The Hall–Kier alpha value is -3.26. The molecule has 8 heteroatoms. The Morgan fingerprint density at radius 1 is 1.10 bits per heavy atom. The molecule has 0 aliphatic carbocycles. The highest BCUT2D eigenvalue weighted by molar-refractivity contribution is 5.91. The van der Waals surface area contributed by atoms with Crippen LogP contribution in [0.4, 0.5) is 11.8 Å². The van der Waals surface area contributed by atoms with E-state index in [2.05, 4.69) is 25.3 Å². The molecule has 3 aromatic rings. The van der Waals surface area contributed by atoms with Crippen LogP contribution >= 0.6 is 0 Å². The molecule has 29 heavy (non-hydrogen) atoms. The number of hydrogen-bond donors (Lipinski definition) is 2. The highest BCUT2D eigenvalue weighted by Gasteiger charge is 2.24. The van der Waals surface area contributed by atoms with Gasteiger partial charge in [-0.25, -0.2) is 14.6 Å². The zero-order valence-electron chi connectivity index (χ0n) is 16.8. The Labute approximate surface area is 170 Å². The molecule has 4 rings (SSSR count). The summed E-state index contributed by atoms with van der Waals surface area (Å²) in [6.45, 7) is 7.84. The summed E-state index contributed by atoms with van der Waals surface area (Å²) in [4.78, 5) is 24.7. The Morgan fingerprint density at radius 3 is 2.48 bits per heavy atom. The van der Waals surface area contributed by atoms with E-state index in [9.17, 15) is 4.79 Å². The van der Waals surface area contributed by atoms with E-state index in [1.165, 1.54) is 10.5 Å². The van der Waals surface area contributed by atoms with Gasteiger partial charge in [0.15, 0.2) is 6.54 Å². The molecule has 0 radical (unpaired) electrons. The minimum Gasteiger partial charge on any atom is -0.330 e. The first-order valence-corrected chi connectivity index (χ1v) is 9.87. The second-order valence-electron chi connectivity index (χ2n) is 7.43. The number of aromatic nitrogens is 4. The summed E-state index contributed by atoms with van der Waals surface area (Å²) >= 11 is 0. The number of piperazine rings is 1. The molecule has 1 saturated heterocycles. The molecule has 1 aliphatic heterocycles. The maximum absolute atomic E-state index is 12.7. The lowest BCUT2D eigenvalue weighted by Gasteiger charge is -2.31. The molecular weight excluding hydrogens is 366 g/mol. The van der Waals surface area contributed by atoms with Crippen molar-refractivity contribution in [2.45, 2.75) is 13.8 Å². The van der Waals surface area contributed by atoms with Crippen molar-refractivity contribution in [2.24, 2.45) is 0 Å². The number of nitrogens with zero attached hydrogens (tertiary/aromatic N) is 5. The van der Waals surface area contributed by atoms with Crippen LogP contribution in [0.25, 0.3) is 5.69 Å². The highest BCUT2D eigenvalue weighted by atomic mass is 16.2. The molecule has 1 aliphatic rings. The van der Waals surface area contributed by atoms with Gasteiger partial charge in [-0.2, -0.15) is 5.10 Å². The fourth-order valence-corrected chi connectivity index (χ4v) is 3.54. The van der Waals surface area contributed by atoms with Crippen molar-refractivity contribution in [3.05, 3.63) is 60.0 Å². The summed E-state index contributed by atoms with van der Waals surface area (Å²) in [7, 11) is 0. The Bertz CT molecular complexity index is 960. The summed E-state index contributed by atoms with van der Waals surface area (Å²) in [5.74, 6) is 1.46. The number of hydrogen-bond acceptors (Lipinski definition) is 5. The third kappa shape index (κ3) is 4.60. The quantitative estimate of drug-likeness (QED) is 0.666. The SMILES string of the molecule is Cc1ccc(-n2nc(C)cc2NC(=O)C[NH+]2CCN(c3ncccn3)CC2)cc1. The summed E-state index contributed by atoms with van der Waals surface area (Å²) in [6.07, 6.45) is 3.52. The second-order valence-corrected chi connectivity index (χ2v) is 7.43. The number of amides is 1. The van der Waals surface area contributed by atoms with Crippen molar-refractivity contribution in [3.63, 3.8) is 0 Å². The highest BCUT2D eigenvalue weighted by Crippen LogP contribution is 2.17. The molecule has 1 fully saturated rings. The number of carbonyl (C=O) groups is 1. The normalized spacial score (nSPS) is 14.8. The fourth-order valence-electron chi connectivity index (χ4n) is 3.54. The lowest BCUT2D eigenvalue weighted by atomic mass is 10.2. The first-order chi connectivity index (χ1) is 14.1. The van der Waals surface area contributed by atoms with Gasteiger partial charge in [0, 0.05) is 18.5 Å². The molecule has 2 N–H and O–H groups in total. The number of aryl methyl sites for hydroxylation is 2. The fraction of sp³-hybridized carbons (Fsp3) is 0.333. The zero-order chi connectivity index (χ0) is 20.2. The minimum atomic E-state index is -0.00215. The molecule has 150 valence electrons. The van der Waals surface area contributed by atoms with Crippen molar-refractivity contribution in [3.8, 4) is 5.69 Å². The molecule has 0 atom stereocenters. The van der Waals surface area contributed by atoms with Crippen LogP contribution in [0.15, 0.2) is 48.8 Å². The van der Waals surface area contributed by atoms with Crippen molar-refractivity contribution < 1.29 is 9.69 Å². The zero-order valence-corrected chi connectivity index (χ0v) is 16.8. The van der Waals surface area contributed by atoms with Crippen LogP contribution in [0.2, 0.25) is 0 Å². The maximum atomic E-state index is 12.7. The standard InChI is InChI=1S/C21H25N7O/c1-16-4-6-18(7-5-16)28-19(14-17(2)25-28)24-20(29)15-26-10-12-27(13-11-26)21-22-8-3-9-23-21/h3-9,14H,10-13,15H2,1-2H3,(H,24,29)/p+1. The topological polar surface area (TPSA) is 80.4 Å². The minimum absolute atomic E-state index is 0.00215. The van der Waals surface area contributed by atoms with Gasteiger partial charge in [-0.3, -0.25) is 4.79 Å². The van der Waals surface area contributed by atoms with Crippen molar-refractivity contribution >= 4 is 17.7 Å². The van der Waals surface area contributed by atoms with Gasteiger partial charge in [-0.1, -0.05) is 17.7 Å². The van der Waals surface area contributed by atoms with Gasteiger partial charge in [-0.15, -0.1) is 0 Å². The number of rotatable bonds is 5. The van der Waals surface area contributed by atoms with E-state index < -0.39 is 0 Å². The van der Waals surface area contributed by atoms with Crippen LogP contribution in [-0.2, 0) is 4.79 Å². The van der Waals surface area contributed by atoms with Gasteiger partial charge in [0.05, 0.1) is 37.6 Å². The van der Waals surface area contributed by atoms with E-state index in [0.717, 1.165) is 43.5 Å². The Morgan fingerprint density at radius 2 is 1.79 bits per heavy atom. The predicted molar refractivity (Wildman–Crippen MR) is 111 cm³/mol. The number of quaternary nitrogens is 1. The molecule has 0 unspecified atom stereocenters. The number of carbonyl (C=O) groups excluding carboxylic acids is 1. The van der Waals surface area contributed by atoms with Crippen LogP contribution < -0.4 is 15.1 Å². The van der Waals surface area contributed by atoms with Crippen LogP contribution in [0, 0.1) is 13.8 Å². The summed E-state index contributed by atoms with van der Waals surface area (Å²) in [5.41, 5.74) is 2.99. The molecule has 0 bridgehead atoms. The summed E-state index contributed by atoms with van der Waals surface area (Å²) in [5, 5.41) is 7.57. The van der Waals surface area contributed by atoms with Gasteiger partial charge in [0.25, 0.3) is 5.91 Å². The largest absolute Gasteiger partial charge is 0.330 e. The van der Waals surface area contributed by atoms with Gasteiger partial charge < -0.3 is 15.1 Å². The van der Waals surface area contributed by atoms with Gasteiger partial charge in [0.2, 0.25) is 5.95 Å². The van der Waals surface area contributed by atoms with Crippen LogP contribution in [0.5, 0.6) is 0 Å². The van der Waals surface area contributed by atoms with Crippen molar-refractivity contribution in [1.29, 1.82) is 0 Å². The van der Waals surface area contributed by atoms with E-state index in [1.54, 1.807) is 17.1 Å². The molecule has 1 aromatic carbocycles. The van der Waals surface area contributed by atoms with Gasteiger partial charge >= 0.3 is 0 Å². The van der Waals surface area contributed by atoms with E-state index in [-0.39, 0.29) is 5.91 Å². The predicted octanol–water partition coefficient (Wildman–Crippen LogP) is 0.623. The number of nitrogens with one attached hydrogen (secondary N) is 2. The average Bonchev–Trinajstić information content (AvgIpc) is 3.09. The molecule has 2 aromatic heterocycles. The molecule has 3 heterocycles. The molecule has 0 saturated carbocycles. The average molecular weight is 392 g/mol. The number of benzene rings is 1. The van der Waals surface area contributed by atoms with Crippen molar-refractivity contribution in [1.82, 2.24) is 19.7 Å². The first kappa shape index (κ1) is 19.1. The van der Waals surface area contributed by atoms with Gasteiger partial charge in [0.1, 0.15) is 5.82 Å². The van der Waals surface area contributed by atoms with E-state index in [1.807, 2.05) is 50.2 Å². The maximum Gasteiger partial charge on any atom is 0.280 e. The lowest BCUT2D eigenvalue weighted by molar-refractivity contribution is -0.892. The summed E-state index contributed by atoms with van der Waals surface area (Å²) in [6, 6.07) is 11.8. The number of anilines is 2. The second kappa shape index (κ2) is 8.40. The molecule has 0 spiro atoms. The van der Waals surface area contributed by atoms with Gasteiger partial charge in [-0.05, 0) is 32.0 Å². The molecule has 1 amide bonds. The molecular formula is C21H26N7O+. The van der Waals surface area contributed by atoms with E-state index >= 15 is 0 Å². The lowest BCUT2D eigenvalue weighted by Crippen LogP contribution is -3.15. The first-order valence-electron chi connectivity index (χ1n) is 9.87. The monoisotopic (exact) mass is 392 g/mol. The van der Waals surface area contributed by atoms with E-state index in [0.29, 0.717) is 12.4 Å². The van der Waals surface area contributed by atoms with Crippen molar-refractivity contribution in [2.75, 3.05) is 42.9 Å².